The van der Waals surface area contributed by atoms with Gasteiger partial charge in [0.1, 0.15) is 5.69 Å². The lowest BCUT2D eigenvalue weighted by molar-refractivity contribution is 0.0660. The molecule has 0 radical (unpaired) electrons. The van der Waals surface area contributed by atoms with Crippen molar-refractivity contribution in [3.8, 4) is 0 Å². The van der Waals surface area contributed by atoms with Crippen LogP contribution < -0.4 is 0 Å². The van der Waals surface area contributed by atoms with Gasteiger partial charge in [-0.3, -0.25) is 9.78 Å². The number of furan rings is 1. The minimum absolute atomic E-state index is 0.0769. The predicted octanol–water partition coefficient (Wildman–Crippen LogP) is 2.15. The van der Waals surface area contributed by atoms with E-state index in [2.05, 4.69) is 9.97 Å². The molecule has 0 saturated carbocycles. The molecule has 0 bridgehead atoms. The summed E-state index contributed by atoms with van der Waals surface area (Å²) in [5.74, 6) is -2.10. The van der Waals surface area contributed by atoms with Crippen molar-refractivity contribution in [2.75, 3.05) is 0 Å². The molecule has 6 heteroatoms. The van der Waals surface area contributed by atoms with Gasteiger partial charge in [-0.15, -0.1) is 0 Å². The standard InChI is InChI=1S/C14H8N2O4/c17-13(11-5-6-12(20-11)14(18)19)10-7-15-8-3-1-2-4-9(8)16-10/h1-7H,(H,18,19). The molecule has 0 atom stereocenters. The Morgan fingerprint density at radius 1 is 1.00 bits per heavy atom. The smallest absolute Gasteiger partial charge is 0.371 e. The van der Waals surface area contributed by atoms with E-state index in [1.165, 1.54) is 18.3 Å². The fraction of sp³-hybridized carbons (Fsp3) is 0. The third kappa shape index (κ3) is 2.03. The SMILES string of the molecule is O=C(O)c1ccc(C(=O)c2cnc3ccccc3n2)o1. The zero-order chi connectivity index (χ0) is 14.1. The van der Waals surface area contributed by atoms with E-state index in [0.29, 0.717) is 11.0 Å². The van der Waals surface area contributed by atoms with E-state index in [1.54, 1.807) is 18.2 Å². The van der Waals surface area contributed by atoms with Gasteiger partial charge in [-0.05, 0) is 24.3 Å². The summed E-state index contributed by atoms with van der Waals surface area (Å²) < 4.78 is 4.96. The maximum atomic E-state index is 12.1. The molecule has 6 nitrogen and oxygen atoms in total. The monoisotopic (exact) mass is 268 g/mol. The highest BCUT2D eigenvalue weighted by atomic mass is 16.4. The van der Waals surface area contributed by atoms with Gasteiger partial charge in [0.15, 0.2) is 5.76 Å². The number of aromatic carboxylic acids is 1. The van der Waals surface area contributed by atoms with E-state index >= 15 is 0 Å². The molecule has 98 valence electrons. The molecule has 0 fully saturated rings. The second-order valence-corrected chi connectivity index (χ2v) is 4.04. The highest BCUT2D eigenvalue weighted by Crippen LogP contribution is 2.14. The van der Waals surface area contributed by atoms with E-state index in [-0.39, 0.29) is 17.2 Å². The number of ketones is 1. The molecule has 0 saturated heterocycles. The zero-order valence-corrected chi connectivity index (χ0v) is 10.1. The number of para-hydroxylation sites is 2. The van der Waals surface area contributed by atoms with Crippen LogP contribution in [-0.4, -0.2) is 26.8 Å². The maximum Gasteiger partial charge on any atom is 0.371 e. The van der Waals surface area contributed by atoms with Gasteiger partial charge in [0.05, 0.1) is 17.2 Å². The van der Waals surface area contributed by atoms with Crippen molar-refractivity contribution in [1.82, 2.24) is 9.97 Å². The number of carboxylic acids is 1. The second kappa shape index (κ2) is 4.58. The molecule has 3 aromatic rings. The molecule has 0 unspecified atom stereocenters. The fourth-order valence-corrected chi connectivity index (χ4v) is 1.77. The number of hydrogen-bond acceptors (Lipinski definition) is 5. The van der Waals surface area contributed by atoms with Crippen molar-refractivity contribution < 1.29 is 19.1 Å². The van der Waals surface area contributed by atoms with Crippen LogP contribution in [0.2, 0.25) is 0 Å². The predicted molar refractivity (Wildman–Crippen MR) is 68.6 cm³/mol. The lowest BCUT2D eigenvalue weighted by Gasteiger charge is -1.99. The molecule has 0 spiro atoms. The van der Waals surface area contributed by atoms with Crippen molar-refractivity contribution in [1.29, 1.82) is 0 Å². The van der Waals surface area contributed by atoms with Crippen molar-refractivity contribution in [3.05, 3.63) is 59.8 Å². The van der Waals surface area contributed by atoms with Gasteiger partial charge in [-0.25, -0.2) is 9.78 Å². The number of carbonyl (C=O) groups excluding carboxylic acids is 1. The molecule has 2 aromatic heterocycles. The molecule has 20 heavy (non-hydrogen) atoms. The third-order valence-electron chi connectivity index (χ3n) is 2.72. The summed E-state index contributed by atoms with van der Waals surface area (Å²) in [7, 11) is 0. The first-order valence-corrected chi connectivity index (χ1v) is 5.75. The molecule has 1 aromatic carbocycles. The van der Waals surface area contributed by atoms with Crippen molar-refractivity contribution in [2.45, 2.75) is 0 Å². The van der Waals surface area contributed by atoms with E-state index in [0.717, 1.165) is 0 Å². The summed E-state index contributed by atoms with van der Waals surface area (Å²) in [6.45, 7) is 0. The van der Waals surface area contributed by atoms with Crippen LogP contribution in [0.15, 0.2) is 47.0 Å². The lowest BCUT2D eigenvalue weighted by atomic mass is 10.2. The Kier molecular flexibility index (Phi) is 2.76. The van der Waals surface area contributed by atoms with Gasteiger partial charge in [0, 0.05) is 0 Å². The van der Waals surface area contributed by atoms with Crippen molar-refractivity contribution in [2.24, 2.45) is 0 Å². The van der Waals surface area contributed by atoms with Gasteiger partial charge in [0.2, 0.25) is 11.5 Å². The molecule has 0 amide bonds. The Hall–Kier alpha value is -3.02. The summed E-state index contributed by atoms with van der Waals surface area (Å²) in [4.78, 5) is 31.2. The fourth-order valence-electron chi connectivity index (χ4n) is 1.77. The quantitative estimate of drug-likeness (QED) is 0.731. The van der Waals surface area contributed by atoms with Gasteiger partial charge in [-0.1, -0.05) is 12.1 Å². The van der Waals surface area contributed by atoms with Crippen LogP contribution in [0.3, 0.4) is 0 Å². The maximum absolute atomic E-state index is 12.1. The Morgan fingerprint density at radius 2 is 1.70 bits per heavy atom. The van der Waals surface area contributed by atoms with Gasteiger partial charge in [0.25, 0.3) is 0 Å². The number of benzene rings is 1. The van der Waals surface area contributed by atoms with E-state index in [1.807, 2.05) is 6.07 Å². The van der Waals surface area contributed by atoms with E-state index in [4.69, 9.17) is 9.52 Å². The number of aromatic nitrogens is 2. The third-order valence-corrected chi connectivity index (χ3v) is 2.72. The van der Waals surface area contributed by atoms with Crippen LogP contribution in [0, 0.1) is 0 Å². The van der Waals surface area contributed by atoms with Crippen LogP contribution in [-0.2, 0) is 0 Å². The summed E-state index contributed by atoms with van der Waals surface area (Å²) in [5, 5.41) is 8.76. The largest absolute Gasteiger partial charge is 0.475 e. The first-order valence-electron chi connectivity index (χ1n) is 5.75. The van der Waals surface area contributed by atoms with Crippen LogP contribution in [0.1, 0.15) is 26.8 Å². The number of carbonyl (C=O) groups is 2. The Balaban J connectivity index is 2.00. The first-order chi connectivity index (χ1) is 9.65. The minimum Gasteiger partial charge on any atom is -0.475 e. The average molecular weight is 268 g/mol. The van der Waals surface area contributed by atoms with Crippen molar-refractivity contribution in [3.63, 3.8) is 0 Å². The van der Waals surface area contributed by atoms with Gasteiger partial charge >= 0.3 is 5.97 Å². The number of fused-ring (bicyclic) bond motifs is 1. The molecule has 0 aliphatic heterocycles. The van der Waals surface area contributed by atoms with Gasteiger partial charge in [-0.2, -0.15) is 0 Å². The number of hydrogen-bond donors (Lipinski definition) is 1. The molecular weight excluding hydrogens is 260 g/mol. The van der Waals surface area contributed by atoms with Crippen LogP contribution in [0.4, 0.5) is 0 Å². The number of carboxylic acid groups (broad SMARTS) is 1. The molecule has 0 aliphatic rings. The molecule has 3 rings (SSSR count). The van der Waals surface area contributed by atoms with Crippen molar-refractivity contribution >= 4 is 22.8 Å². The highest BCUT2D eigenvalue weighted by Gasteiger charge is 2.18. The molecule has 2 heterocycles. The molecular formula is C14H8N2O4. The number of nitrogens with zero attached hydrogens (tertiary/aromatic N) is 2. The zero-order valence-electron chi connectivity index (χ0n) is 10.1. The summed E-state index contributed by atoms with van der Waals surface area (Å²) >= 11 is 0. The van der Waals surface area contributed by atoms with Crippen LogP contribution in [0.25, 0.3) is 11.0 Å². The number of rotatable bonds is 3. The summed E-state index contributed by atoms with van der Waals surface area (Å²) in [5.41, 5.74) is 1.37. The Bertz CT molecular complexity index is 823. The topological polar surface area (TPSA) is 93.3 Å². The van der Waals surface area contributed by atoms with Crippen LogP contribution >= 0.6 is 0 Å². The highest BCUT2D eigenvalue weighted by molar-refractivity contribution is 6.06. The lowest BCUT2D eigenvalue weighted by Crippen LogP contribution is -2.04. The average Bonchev–Trinajstić information content (AvgIpc) is 2.96. The first kappa shape index (κ1) is 12.0. The summed E-state index contributed by atoms with van der Waals surface area (Å²) in [6, 6.07) is 9.67. The van der Waals surface area contributed by atoms with E-state index in [9.17, 15) is 9.59 Å². The van der Waals surface area contributed by atoms with E-state index < -0.39 is 11.8 Å². The van der Waals surface area contributed by atoms with Crippen LogP contribution in [0.5, 0.6) is 0 Å². The summed E-state index contributed by atoms with van der Waals surface area (Å²) in [6.07, 6.45) is 1.34. The molecule has 1 N–H and O–H groups in total. The minimum atomic E-state index is -1.23. The Labute approximate surface area is 112 Å². The normalized spacial score (nSPS) is 10.6. The molecule has 0 aliphatic carbocycles. The van der Waals surface area contributed by atoms with Gasteiger partial charge < -0.3 is 9.52 Å². The Morgan fingerprint density at radius 3 is 2.40 bits per heavy atom. The second-order valence-electron chi connectivity index (χ2n) is 4.04.